The van der Waals surface area contributed by atoms with Gasteiger partial charge in [0.15, 0.2) is 24.0 Å². The third kappa shape index (κ3) is 14.7. The average molecular weight is 1210 g/mol. The molecule has 6 saturated heterocycles. The van der Waals surface area contributed by atoms with Gasteiger partial charge in [-0.3, -0.25) is 42.3 Å². The molecule has 6 fully saturated rings. The normalized spacial score (nSPS) is 32.3. The first-order chi connectivity index (χ1) is 38.8. The van der Waals surface area contributed by atoms with Crippen molar-refractivity contribution in [2.24, 2.45) is 11.5 Å². The number of aliphatic hydroxyl groups is 1. The molecule has 0 radical (unpaired) electrons. The highest BCUT2D eigenvalue weighted by Crippen LogP contribution is 2.59. The second kappa shape index (κ2) is 24.9. The van der Waals surface area contributed by atoms with Gasteiger partial charge in [0.1, 0.15) is 59.8 Å². The van der Waals surface area contributed by atoms with Crippen LogP contribution in [0.4, 0.5) is 18.9 Å². The van der Waals surface area contributed by atoms with Crippen molar-refractivity contribution < 1.29 is 97.5 Å². The molecule has 8 aliphatic heterocycles. The summed E-state index contributed by atoms with van der Waals surface area (Å²) in [6, 6.07) is 11.8. The topological polar surface area (TPSA) is 301 Å². The van der Waals surface area contributed by atoms with Crippen LogP contribution in [0, 0.1) is 27.6 Å². The van der Waals surface area contributed by atoms with Crippen LogP contribution in [-0.2, 0) is 69.8 Å². The summed E-state index contributed by atoms with van der Waals surface area (Å²) in [5.74, 6) is -4.63. The van der Waals surface area contributed by atoms with Crippen molar-refractivity contribution in [3.05, 3.63) is 152 Å². The summed E-state index contributed by atoms with van der Waals surface area (Å²) in [4.78, 5) is 36.5. The van der Waals surface area contributed by atoms with E-state index in [4.69, 9.17) is 78.6 Å². The Labute approximate surface area is 472 Å². The third-order valence-electron chi connectivity index (χ3n) is 13.4. The van der Waals surface area contributed by atoms with Crippen molar-refractivity contribution in [2.45, 2.75) is 126 Å². The molecular weight excluding hydrogens is 1150 g/mol. The van der Waals surface area contributed by atoms with Crippen molar-refractivity contribution in [3.63, 3.8) is 0 Å². The number of aliphatic hydroxyl groups excluding tert-OH is 1. The van der Waals surface area contributed by atoms with E-state index in [2.05, 4.69) is 0 Å². The van der Waals surface area contributed by atoms with Crippen LogP contribution in [0.2, 0.25) is 5.02 Å². The molecular formula is C52H59ClF3N5O19P2. The van der Waals surface area contributed by atoms with Crippen molar-refractivity contribution in [2.75, 3.05) is 26.4 Å². The Kier molecular flexibility index (Phi) is 18.5. The van der Waals surface area contributed by atoms with Gasteiger partial charge in [-0.1, -0.05) is 23.8 Å². The first-order valence-corrected chi connectivity index (χ1v) is 29.0. The minimum Gasteiger partial charge on any atom is -0.404 e. The fourth-order valence-corrected chi connectivity index (χ4v) is 12.9. The summed E-state index contributed by atoms with van der Waals surface area (Å²) in [6.07, 6.45) is 6.20. The van der Waals surface area contributed by atoms with Gasteiger partial charge in [-0.15, -0.1) is 0 Å². The molecule has 0 bridgehead atoms. The number of amides is 2. The van der Waals surface area contributed by atoms with E-state index in [0.717, 1.165) is 24.3 Å². The number of nitro benzene ring substituents is 1. The van der Waals surface area contributed by atoms with Crippen LogP contribution < -0.4 is 16.0 Å². The number of hydrogen-bond acceptors (Lipinski definition) is 21. The fraction of sp³-hybridized carbons (Fsp3) is 0.462. The molecule has 6 unspecified atom stereocenters. The number of rotatable bonds is 13. The van der Waals surface area contributed by atoms with Gasteiger partial charge in [-0.25, -0.2) is 22.3 Å². The molecule has 30 heteroatoms. The number of primary amides is 2. The number of phosphoric ester groups is 2. The van der Waals surface area contributed by atoms with E-state index < -0.39 is 110 Å². The number of non-ortho nitro benzene ring substituents is 1. The van der Waals surface area contributed by atoms with Gasteiger partial charge < -0.3 is 59.3 Å². The Morgan fingerprint density at radius 1 is 0.720 bits per heavy atom. The zero-order valence-corrected chi connectivity index (χ0v) is 46.9. The number of carbonyl (C=O) groups excluding carboxylic acids is 2. The number of nitrogens with zero attached hydrogens (tertiary/aromatic N) is 3. The highest BCUT2D eigenvalue weighted by atomic mass is 35.5. The molecule has 3 aromatic carbocycles. The van der Waals surface area contributed by atoms with E-state index in [1.807, 2.05) is 26.1 Å². The minimum absolute atomic E-state index is 0.00613. The average Bonchev–Trinajstić information content (AvgIpc) is 2.63. The summed E-state index contributed by atoms with van der Waals surface area (Å²) in [5, 5.41) is 20.3. The smallest absolute Gasteiger partial charge is 0.404 e. The highest BCUT2D eigenvalue weighted by molar-refractivity contribution is 7.49. The summed E-state index contributed by atoms with van der Waals surface area (Å²) in [6.45, 7) is 6.87. The number of nitrogens with two attached hydrogens (primary N) is 2. The maximum atomic E-state index is 13.7. The first-order valence-electron chi connectivity index (χ1n) is 25.7. The molecule has 12 atom stereocenters. The number of ether oxygens (including phenoxy) is 6. The lowest BCUT2D eigenvalue weighted by molar-refractivity contribution is -0.384. The predicted molar refractivity (Wildman–Crippen MR) is 279 cm³/mol. The van der Waals surface area contributed by atoms with E-state index in [1.54, 1.807) is 48.3 Å². The fourth-order valence-electron chi connectivity index (χ4n) is 9.91. The van der Waals surface area contributed by atoms with E-state index >= 15 is 0 Å². The van der Waals surface area contributed by atoms with E-state index in [0.29, 0.717) is 36.0 Å². The molecule has 3 aromatic rings. The van der Waals surface area contributed by atoms with Gasteiger partial charge >= 0.3 is 15.6 Å². The maximum Gasteiger partial charge on any atom is 0.530 e. The lowest BCUT2D eigenvalue weighted by Gasteiger charge is -2.32. The Balaban J connectivity index is 0.000000155. The molecule has 0 aliphatic carbocycles. The zero-order valence-electron chi connectivity index (χ0n) is 44.4. The summed E-state index contributed by atoms with van der Waals surface area (Å²) in [5.41, 5.74) is 12.1. The Morgan fingerprint density at radius 2 is 1.18 bits per heavy atom. The monoisotopic (exact) mass is 1210 g/mol. The molecule has 24 nitrogen and oxygen atoms in total. The van der Waals surface area contributed by atoms with Crippen LogP contribution in [0.3, 0.4) is 0 Å². The van der Waals surface area contributed by atoms with E-state index in [9.17, 15) is 47.1 Å². The number of hydrogen-bond donors (Lipinski definition) is 3. The molecule has 11 rings (SSSR count). The molecule has 82 heavy (non-hydrogen) atoms. The Hall–Kier alpha value is -5.58. The van der Waals surface area contributed by atoms with Gasteiger partial charge in [-0.2, -0.15) is 0 Å². The summed E-state index contributed by atoms with van der Waals surface area (Å²) < 4.78 is 135. The van der Waals surface area contributed by atoms with Crippen molar-refractivity contribution >= 4 is 44.7 Å². The van der Waals surface area contributed by atoms with E-state index in [1.165, 1.54) is 36.4 Å². The molecule has 5 N–H and O–H groups in total. The molecule has 0 aromatic heterocycles. The van der Waals surface area contributed by atoms with Gasteiger partial charge in [0.25, 0.3) is 5.69 Å². The number of nitro groups is 1. The molecule has 0 saturated carbocycles. The van der Waals surface area contributed by atoms with E-state index in [-0.39, 0.29) is 67.1 Å². The number of fused-ring (bicyclic) bond motifs is 2. The van der Waals surface area contributed by atoms with Crippen LogP contribution in [0.25, 0.3) is 0 Å². The number of carbonyl (C=O) groups is 2. The lowest BCUT2D eigenvalue weighted by atomic mass is 10.1. The lowest BCUT2D eigenvalue weighted by Crippen LogP contribution is -2.40. The number of allylic oxidation sites excluding steroid dienone is 2. The Bertz CT molecular complexity index is 3080. The third-order valence-corrected chi connectivity index (χ3v) is 16.6. The van der Waals surface area contributed by atoms with Crippen molar-refractivity contribution in [1.29, 1.82) is 0 Å². The van der Waals surface area contributed by atoms with Gasteiger partial charge in [-0.05, 0) is 94.1 Å². The maximum absolute atomic E-state index is 13.7. The van der Waals surface area contributed by atoms with Gasteiger partial charge in [0.2, 0.25) is 11.8 Å². The predicted octanol–water partition coefficient (Wildman–Crippen LogP) is 8.27. The molecule has 444 valence electrons. The van der Waals surface area contributed by atoms with Crippen LogP contribution in [-0.4, -0.2) is 119 Å². The molecule has 8 aliphatic rings. The SMILES string of the molecule is CC1(C)O[C@@H]2[C@H](O1)C(CO)O[C@H]2N1C=CCC(C(N)=O)=C1.CC1(C)O[C@@H]2[C@H](O1)C(COP1(=O)OCCC(c3cc(F)cc(F)c3)O1)O[C@H]2N1C=CCC(C(N)=O)=C1.O=[N+]([O-])c1ccc(OP2(=O)OCCC(c3cc(F)cc(Cl)c3)O2)cc1. The first kappa shape index (κ1) is 61.0. The quantitative estimate of drug-likeness (QED) is 0.0823. The molecule has 8 heterocycles. The Morgan fingerprint density at radius 3 is 1.68 bits per heavy atom. The number of halogens is 4. The number of phosphoric acid groups is 2. The van der Waals surface area contributed by atoms with Crippen molar-refractivity contribution in [3.8, 4) is 5.75 Å². The van der Waals surface area contributed by atoms with Crippen molar-refractivity contribution in [1.82, 2.24) is 9.80 Å². The second-order valence-corrected chi connectivity index (χ2v) is 24.0. The van der Waals surface area contributed by atoms with Gasteiger partial charge in [0, 0.05) is 72.0 Å². The van der Waals surface area contributed by atoms with Crippen LogP contribution >= 0.6 is 27.2 Å². The molecule has 0 spiro atoms. The van der Waals surface area contributed by atoms with Crippen LogP contribution in [0.15, 0.2) is 109 Å². The standard InChI is InChI=1S/C23H27F2N2O8P.C15H12ClFNO6P.C14H20N2O5/c1-23(2)33-19-18(32-22(20(19)34-23)27-6-3-4-13(11-27)21(26)28)12-31-36(29)30-7-5-17(35-36)14-8-15(24)10-16(25)9-14;16-11-7-10(8-12(17)9-11)15-5-6-22-25(21,24-15)23-14-3-1-13(2-4-14)18(19)20;1-14(2)20-10-9(7-17)19-13(11(10)21-14)16-5-3-4-8(6-16)12(15)18/h3,6,8-11,17-20,22H,4-5,7,12H2,1-2H3,(H2,26,28);1-4,7-9,15H,5-6H2;3,5-6,9-11,13,17H,4,7H2,1-2H3,(H2,15,18)/t17?,18?,19-,20-,22-,36?;;9?,10-,11-,13-/m1.1/s1. The highest BCUT2D eigenvalue weighted by Gasteiger charge is 2.58. The minimum atomic E-state index is -4.08. The largest absolute Gasteiger partial charge is 0.530 e. The zero-order chi connectivity index (χ0) is 58.9. The van der Waals surface area contributed by atoms with Gasteiger partial charge in [0.05, 0.1) is 43.6 Å². The summed E-state index contributed by atoms with van der Waals surface area (Å²) in [7, 11) is -8.04. The second-order valence-electron chi connectivity index (χ2n) is 20.4. The summed E-state index contributed by atoms with van der Waals surface area (Å²) >= 11 is 5.83. The van der Waals surface area contributed by atoms with Crippen LogP contribution in [0.1, 0.15) is 76.7 Å². The number of benzene rings is 3. The molecule has 2 amide bonds. The van der Waals surface area contributed by atoms with Crippen LogP contribution in [0.5, 0.6) is 5.75 Å².